The molecule has 0 aromatic carbocycles. The van der Waals surface area contributed by atoms with Gasteiger partial charge in [-0.1, -0.05) is 0 Å². The van der Waals surface area contributed by atoms with Gasteiger partial charge >= 0.3 is 12.0 Å². The quantitative estimate of drug-likeness (QED) is 0.611. The SMILES string of the molecule is COC(=O)C1COCCN1C(=O)N1CCCC1. The van der Waals surface area contributed by atoms with Gasteiger partial charge in [-0.05, 0) is 12.8 Å². The van der Waals surface area contributed by atoms with E-state index in [4.69, 9.17) is 9.47 Å². The van der Waals surface area contributed by atoms with E-state index in [2.05, 4.69) is 0 Å². The molecule has 6 heteroatoms. The molecular formula is C11H18N2O4. The number of amides is 2. The Kier molecular flexibility index (Phi) is 3.83. The molecule has 96 valence electrons. The first-order valence-corrected chi connectivity index (χ1v) is 5.95. The van der Waals surface area contributed by atoms with Crippen LogP contribution >= 0.6 is 0 Å². The van der Waals surface area contributed by atoms with E-state index < -0.39 is 12.0 Å². The van der Waals surface area contributed by atoms with Crippen molar-refractivity contribution in [1.29, 1.82) is 0 Å². The van der Waals surface area contributed by atoms with Gasteiger partial charge in [0.15, 0.2) is 6.04 Å². The number of carbonyl (C=O) groups excluding carboxylic acids is 2. The zero-order valence-electron chi connectivity index (χ0n) is 10.1. The first-order chi connectivity index (χ1) is 8.24. The average Bonchev–Trinajstić information content (AvgIpc) is 2.91. The second-order valence-corrected chi connectivity index (χ2v) is 4.28. The molecule has 1 atom stereocenters. The number of hydrogen-bond donors (Lipinski definition) is 0. The lowest BCUT2D eigenvalue weighted by Crippen LogP contribution is -2.56. The molecule has 2 heterocycles. The topological polar surface area (TPSA) is 59.1 Å². The van der Waals surface area contributed by atoms with Gasteiger partial charge in [0.2, 0.25) is 0 Å². The molecule has 2 aliphatic rings. The molecule has 0 radical (unpaired) electrons. The molecule has 0 saturated carbocycles. The summed E-state index contributed by atoms with van der Waals surface area (Å²) in [5.74, 6) is -0.405. The van der Waals surface area contributed by atoms with Crippen LogP contribution in [0.5, 0.6) is 0 Å². The summed E-state index contributed by atoms with van der Waals surface area (Å²) in [7, 11) is 1.33. The summed E-state index contributed by atoms with van der Waals surface area (Å²) >= 11 is 0. The third-order valence-electron chi connectivity index (χ3n) is 3.22. The molecule has 0 spiro atoms. The van der Waals surface area contributed by atoms with Gasteiger partial charge in [-0.2, -0.15) is 0 Å². The van der Waals surface area contributed by atoms with Crippen LogP contribution in [-0.4, -0.2) is 67.8 Å². The average molecular weight is 242 g/mol. The highest BCUT2D eigenvalue weighted by Gasteiger charge is 2.36. The summed E-state index contributed by atoms with van der Waals surface area (Å²) in [6.45, 7) is 2.72. The van der Waals surface area contributed by atoms with E-state index in [9.17, 15) is 9.59 Å². The fourth-order valence-corrected chi connectivity index (χ4v) is 2.25. The number of rotatable bonds is 1. The molecule has 0 N–H and O–H groups in total. The van der Waals surface area contributed by atoms with Crippen molar-refractivity contribution in [2.75, 3.05) is 40.0 Å². The lowest BCUT2D eigenvalue weighted by Gasteiger charge is -2.36. The standard InChI is InChI=1S/C11H18N2O4/c1-16-10(14)9-8-17-7-6-13(9)11(15)12-4-2-3-5-12/h9H,2-8H2,1H3. The molecule has 17 heavy (non-hydrogen) atoms. The van der Waals surface area contributed by atoms with Gasteiger partial charge in [0, 0.05) is 19.6 Å². The summed E-state index contributed by atoms with van der Waals surface area (Å²) in [4.78, 5) is 27.2. The van der Waals surface area contributed by atoms with Crippen LogP contribution in [0, 0.1) is 0 Å². The van der Waals surface area contributed by atoms with E-state index in [-0.39, 0.29) is 12.6 Å². The smallest absolute Gasteiger partial charge is 0.331 e. The van der Waals surface area contributed by atoms with Gasteiger partial charge in [-0.15, -0.1) is 0 Å². The zero-order chi connectivity index (χ0) is 12.3. The zero-order valence-corrected chi connectivity index (χ0v) is 10.1. The summed E-state index contributed by atoms with van der Waals surface area (Å²) in [5.41, 5.74) is 0. The van der Waals surface area contributed by atoms with Crippen molar-refractivity contribution in [3.8, 4) is 0 Å². The molecule has 0 aliphatic carbocycles. The van der Waals surface area contributed by atoms with E-state index in [0.717, 1.165) is 25.9 Å². The first-order valence-electron chi connectivity index (χ1n) is 5.95. The molecule has 2 fully saturated rings. The maximum atomic E-state index is 12.2. The molecule has 2 saturated heterocycles. The van der Waals surface area contributed by atoms with E-state index >= 15 is 0 Å². The molecule has 0 bridgehead atoms. The maximum Gasteiger partial charge on any atom is 0.331 e. The lowest BCUT2D eigenvalue weighted by molar-refractivity contribution is -0.151. The molecule has 2 rings (SSSR count). The summed E-state index contributed by atoms with van der Waals surface area (Å²) in [5, 5.41) is 0. The molecular weight excluding hydrogens is 224 g/mol. The largest absolute Gasteiger partial charge is 0.467 e. The number of morpholine rings is 1. The number of nitrogens with zero attached hydrogens (tertiary/aromatic N) is 2. The number of likely N-dealkylation sites (tertiary alicyclic amines) is 1. The van der Waals surface area contributed by atoms with Crippen molar-refractivity contribution in [1.82, 2.24) is 9.80 Å². The van der Waals surface area contributed by atoms with Crippen molar-refractivity contribution >= 4 is 12.0 Å². The van der Waals surface area contributed by atoms with Gasteiger partial charge in [0.25, 0.3) is 0 Å². The molecule has 6 nitrogen and oxygen atoms in total. The van der Waals surface area contributed by atoms with Gasteiger partial charge in [0.1, 0.15) is 0 Å². The van der Waals surface area contributed by atoms with Gasteiger partial charge in [0.05, 0.1) is 20.3 Å². The Hall–Kier alpha value is -1.30. The van der Waals surface area contributed by atoms with Crippen LogP contribution in [0.15, 0.2) is 0 Å². The fourth-order valence-electron chi connectivity index (χ4n) is 2.25. The minimum absolute atomic E-state index is 0.0683. The second-order valence-electron chi connectivity index (χ2n) is 4.28. The number of urea groups is 1. The van der Waals surface area contributed by atoms with Crippen molar-refractivity contribution in [3.63, 3.8) is 0 Å². The predicted octanol–water partition coefficient (Wildman–Crippen LogP) is 0.0760. The highest BCUT2D eigenvalue weighted by molar-refractivity contribution is 5.84. The Morgan fingerprint density at radius 3 is 2.59 bits per heavy atom. The number of ether oxygens (including phenoxy) is 2. The molecule has 2 amide bonds. The monoisotopic (exact) mass is 242 g/mol. The molecule has 2 aliphatic heterocycles. The van der Waals surface area contributed by atoms with E-state index in [0.29, 0.717) is 13.2 Å². The fraction of sp³-hybridized carbons (Fsp3) is 0.818. The van der Waals surface area contributed by atoms with Gasteiger partial charge < -0.3 is 19.3 Å². The Bertz CT molecular complexity index is 302. The van der Waals surface area contributed by atoms with Gasteiger partial charge in [-0.3, -0.25) is 0 Å². The summed E-state index contributed by atoms with van der Waals surface area (Å²) in [6.07, 6.45) is 2.08. The minimum Gasteiger partial charge on any atom is -0.467 e. The van der Waals surface area contributed by atoms with Crippen molar-refractivity contribution in [2.45, 2.75) is 18.9 Å². The second kappa shape index (κ2) is 5.35. The number of hydrogen-bond acceptors (Lipinski definition) is 4. The number of esters is 1. The Morgan fingerprint density at radius 2 is 1.94 bits per heavy atom. The number of carbonyl (C=O) groups is 2. The summed E-state index contributed by atoms with van der Waals surface area (Å²) < 4.78 is 9.94. The Morgan fingerprint density at radius 1 is 1.24 bits per heavy atom. The van der Waals surface area contributed by atoms with Crippen molar-refractivity contribution in [3.05, 3.63) is 0 Å². The minimum atomic E-state index is -0.596. The van der Waals surface area contributed by atoms with Gasteiger partial charge in [-0.25, -0.2) is 9.59 Å². The van der Waals surface area contributed by atoms with Crippen LogP contribution in [0.1, 0.15) is 12.8 Å². The Labute approximate surface area is 100 Å². The number of methoxy groups -OCH3 is 1. The summed E-state index contributed by atoms with van der Waals surface area (Å²) in [6, 6.07) is -0.664. The van der Waals surface area contributed by atoms with E-state index in [1.807, 2.05) is 0 Å². The van der Waals surface area contributed by atoms with Crippen LogP contribution in [0.25, 0.3) is 0 Å². The van der Waals surface area contributed by atoms with E-state index in [1.54, 1.807) is 9.80 Å². The Balaban J connectivity index is 2.04. The lowest BCUT2D eigenvalue weighted by atomic mass is 10.2. The van der Waals surface area contributed by atoms with Crippen LogP contribution in [0.3, 0.4) is 0 Å². The third kappa shape index (κ3) is 2.52. The maximum absolute atomic E-state index is 12.2. The van der Waals surface area contributed by atoms with Crippen LogP contribution in [-0.2, 0) is 14.3 Å². The van der Waals surface area contributed by atoms with Crippen molar-refractivity contribution in [2.24, 2.45) is 0 Å². The molecule has 0 aromatic rings. The van der Waals surface area contributed by atoms with Crippen LogP contribution < -0.4 is 0 Å². The third-order valence-corrected chi connectivity index (χ3v) is 3.22. The predicted molar refractivity (Wildman–Crippen MR) is 59.5 cm³/mol. The molecule has 1 unspecified atom stereocenters. The normalized spacial score (nSPS) is 24.9. The van der Waals surface area contributed by atoms with E-state index in [1.165, 1.54) is 7.11 Å². The van der Waals surface area contributed by atoms with Crippen molar-refractivity contribution < 1.29 is 19.1 Å². The van der Waals surface area contributed by atoms with Crippen LogP contribution in [0.2, 0.25) is 0 Å². The highest BCUT2D eigenvalue weighted by atomic mass is 16.5. The first kappa shape index (κ1) is 12.2. The highest BCUT2D eigenvalue weighted by Crippen LogP contribution is 2.15. The van der Waals surface area contributed by atoms with Crippen LogP contribution in [0.4, 0.5) is 4.79 Å². The molecule has 0 aromatic heterocycles.